The number of aliphatic hydroxyl groups is 1. The van der Waals surface area contributed by atoms with Crippen molar-refractivity contribution in [2.24, 2.45) is 0 Å². The second kappa shape index (κ2) is 9.97. The number of nitrogens with zero attached hydrogens (tertiary/aromatic N) is 2. The molecule has 7 nitrogen and oxygen atoms in total. The number of rotatable bonds is 7. The molecule has 4 rings (SSSR count). The number of anilines is 1. The van der Waals surface area contributed by atoms with Crippen molar-refractivity contribution in [3.63, 3.8) is 0 Å². The van der Waals surface area contributed by atoms with E-state index in [9.17, 15) is 14.7 Å². The van der Waals surface area contributed by atoms with Gasteiger partial charge in [0, 0.05) is 23.5 Å². The summed E-state index contributed by atoms with van der Waals surface area (Å²) in [6.07, 6.45) is 1.56. The molecule has 0 bridgehead atoms. The fourth-order valence-corrected chi connectivity index (χ4v) is 4.10. The highest BCUT2D eigenvalue weighted by Gasteiger charge is 2.47. The maximum atomic E-state index is 13.3. The number of ketones is 1. The number of benzene rings is 2. The number of ether oxygens (including phenoxy) is 2. The lowest BCUT2D eigenvalue weighted by Crippen LogP contribution is -2.29. The number of amides is 1. The molecule has 8 heteroatoms. The summed E-state index contributed by atoms with van der Waals surface area (Å²) in [7, 11) is 0. The molecule has 1 aliphatic heterocycles. The van der Waals surface area contributed by atoms with Crippen molar-refractivity contribution in [3.05, 3.63) is 88.7 Å². The van der Waals surface area contributed by atoms with Gasteiger partial charge < -0.3 is 14.6 Å². The standard InChI is InChI=1S/C26H23ClN2O5/c1-3-33-17-9-7-8-16(14-17)29-23(21-10-5-6-13-28-21)22(25(31)26(29)32)24(30)19-15-18(34-4-2)11-12-20(19)27/h5-15,23,30H,3-4H2,1-2H3/b24-22+. The van der Waals surface area contributed by atoms with E-state index in [4.69, 9.17) is 21.1 Å². The summed E-state index contributed by atoms with van der Waals surface area (Å²) in [5.74, 6) is -1.00. The first-order valence-corrected chi connectivity index (χ1v) is 11.2. The van der Waals surface area contributed by atoms with Crippen molar-refractivity contribution < 1.29 is 24.2 Å². The maximum absolute atomic E-state index is 13.3. The molecule has 1 unspecified atom stereocenters. The van der Waals surface area contributed by atoms with Crippen LogP contribution in [-0.4, -0.2) is 35.0 Å². The smallest absolute Gasteiger partial charge is 0.300 e. The van der Waals surface area contributed by atoms with E-state index >= 15 is 0 Å². The molecular weight excluding hydrogens is 456 g/mol. The van der Waals surface area contributed by atoms with E-state index in [1.165, 1.54) is 4.90 Å². The molecule has 2 heterocycles. The minimum Gasteiger partial charge on any atom is -0.507 e. The summed E-state index contributed by atoms with van der Waals surface area (Å²) in [5, 5.41) is 11.5. The third-order valence-electron chi connectivity index (χ3n) is 5.32. The number of aliphatic hydroxyl groups excluding tert-OH is 1. The maximum Gasteiger partial charge on any atom is 0.300 e. The van der Waals surface area contributed by atoms with Crippen molar-refractivity contribution in [3.8, 4) is 11.5 Å². The lowest BCUT2D eigenvalue weighted by atomic mass is 9.98. The highest BCUT2D eigenvalue weighted by molar-refractivity contribution is 6.52. The van der Waals surface area contributed by atoms with Crippen LogP contribution < -0.4 is 14.4 Å². The molecule has 1 atom stereocenters. The first-order chi connectivity index (χ1) is 16.5. The number of Topliss-reactive ketones (excluding diaryl/α,β-unsaturated/α-hetero) is 1. The zero-order valence-corrected chi connectivity index (χ0v) is 19.5. The summed E-state index contributed by atoms with van der Waals surface area (Å²) < 4.78 is 11.1. The first-order valence-electron chi connectivity index (χ1n) is 10.8. The van der Waals surface area contributed by atoms with Gasteiger partial charge in [-0.1, -0.05) is 23.7 Å². The molecule has 1 N–H and O–H groups in total. The number of hydrogen-bond acceptors (Lipinski definition) is 6. The summed E-state index contributed by atoms with van der Waals surface area (Å²) in [6.45, 7) is 4.54. The van der Waals surface area contributed by atoms with Gasteiger partial charge in [0.2, 0.25) is 0 Å². The Morgan fingerprint density at radius 1 is 1.00 bits per heavy atom. The zero-order chi connectivity index (χ0) is 24.2. The van der Waals surface area contributed by atoms with Gasteiger partial charge in [-0.3, -0.25) is 19.5 Å². The van der Waals surface area contributed by atoms with Crippen LogP contribution in [0.4, 0.5) is 5.69 Å². The Kier molecular flexibility index (Phi) is 6.84. The lowest BCUT2D eigenvalue weighted by molar-refractivity contribution is -0.132. The number of carbonyl (C=O) groups is 2. The van der Waals surface area contributed by atoms with Gasteiger partial charge >= 0.3 is 0 Å². The Bertz CT molecular complexity index is 1260. The number of carbonyl (C=O) groups excluding carboxylic acids is 2. The van der Waals surface area contributed by atoms with Crippen molar-refractivity contribution in [2.45, 2.75) is 19.9 Å². The fourth-order valence-electron chi connectivity index (χ4n) is 3.89. The average Bonchev–Trinajstić information content (AvgIpc) is 3.11. The van der Waals surface area contributed by atoms with Gasteiger partial charge in [0.1, 0.15) is 23.3 Å². The van der Waals surface area contributed by atoms with Crippen LogP contribution in [0.3, 0.4) is 0 Å². The topological polar surface area (TPSA) is 89.0 Å². The minimum atomic E-state index is -0.968. The molecule has 1 saturated heterocycles. The Balaban J connectivity index is 1.92. The Hall–Kier alpha value is -3.84. The number of halogens is 1. The van der Waals surface area contributed by atoms with Crippen molar-refractivity contribution in [2.75, 3.05) is 18.1 Å². The third-order valence-corrected chi connectivity index (χ3v) is 5.65. The minimum absolute atomic E-state index is 0.110. The number of hydrogen-bond donors (Lipinski definition) is 1. The number of pyridine rings is 1. The van der Waals surface area contributed by atoms with Crippen molar-refractivity contribution in [1.29, 1.82) is 0 Å². The lowest BCUT2D eigenvalue weighted by Gasteiger charge is -2.25. The predicted molar refractivity (Wildman–Crippen MR) is 129 cm³/mol. The summed E-state index contributed by atoms with van der Waals surface area (Å²) >= 11 is 6.36. The van der Waals surface area contributed by atoms with Gasteiger partial charge in [-0.25, -0.2) is 0 Å². The van der Waals surface area contributed by atoms with Gasteiger partial charge in [0.15, 0.2) is 0 Å². The molecule has 0 radical (unpaired) electrons. The molecule has 0 spiro atoms. The van der Waals surface area contributed by atoms with E-state index in [1.807, 2.05) is 13.8 Å². The zero-order valence-electron chi connectivity index (χ0n) is 18.7. The quantitative estimate of drug-likeness (QED) is 0.286. The molecule has 1 aliphatic rings. The van der Waals surface area contributed by atoms with Crippen LogP contribution in [0.5, 0.6) is 11.5 Å². The van der Waals surface area contributed by atoms with Crippen LogP contribution in [0.15, 0.2) is 72.4 Å². The summed E-state index contributed by atoms with van der Waals surface area (Å²) in [5.41, 5.74) is 0.940. The Morgan fingerprint density at radius 3 is 2.41 bits per heavy atom. The van der Waals surface area contributed by atoms with Gasteiger partial charge in [-0.05, 0) is 56.3 Å². The highest BCUT2D eigenvalue weighted by atomic mass is 35.5. The van der Waals surface area contributed by atoms with Gasteiger partial charge in [-0.15, -0.1) is 0 Å². The SMILES string of the molecule is CCOc1cccc(N2C(=O)C(=O)/C(=C(/O)c3cc(OCC)ccc3Cl)C2c2ccccn2)c1. The largest absolute Gasteiger partial charge is 0.507 e. The van der Waals surface area contributed by atoms with E-state index in [-0.39, 0.29) is 16.2 Å². The van der Waals surface area contributed by atoms with Crippen molar-refractivity contribution in [1.82, 2.24) is 4.98 Å². The Morgan fingerprint density at radius 2 is 1.74 bits per heavy atom. The molecule has 174 valence electrons. The molecule has 1 aromatic heterocycles. The third kappa shape index (κ3) is 4.34. The van der Waals surface area contributed by atoms with Crippen LogP contribution in [-0.2, 0) is 9.59 Å². The Labute approximate surface area is 202 Å². The van der Waals surface area contributed by atoms with E-state index < -0.39 is 23.5 Å². The normalized spacial score (nSPS) is 17.1. The van der Waals surface area contributed by atoms with Gasteiger partial charge in [-0.2, -0.15) is 0 Å². The fraction of sp³-hybridized carbons (Fsp3) is 0.192. The average molecular weight is 479 g/mol. The summed E-state index contributed by atoms with van der Waals surface area (Å²) in [6, 6.07) is 15.9. The molecular formula is C26H23ClN2O5. The molecule has 1 amide bonds. The number of aromatic nitrogens is 1. The predicted octanol–water partition coefficient (Wildman–Crippen LogP) is 5.16. The van der Waals surface area contributed by atoms with E-state index in [0.29, 0.717) is 36.1 Å². The van der Waals surface area contributed by atoms with E-state index in [1.54, 1.807) is 66.9 Å². The molecule has 0 aliphatic carbocycles. The van der Waals surface area contributed by atoms with Gasteiger partial charge in [0.05, 0.1) is 29.5 Å². The van der Waals surface area contributed by atoms with Gasteiger partial charge in [0.25, 0.3) is 11.7 Å². The molecule has 0 saturated carbocycles. The molecule has 2 aromatic carbocycles. The van der Waals surface area contributed by atoms with Crippen molar-refractivity contribution >= 4 is 34.7 Å². The van der Waals surface area contributed by atoms with E-state index in [0.717, 1.165) is 0 Å². The monoisotopic (exact) mass is 478 g/mol. The molecule has 1 fully saturated rings. The van der Waals surface area contributed by atoms with Crippen LogP contribution in [0, 0.1) is 0 Å². The van der Waals surface area contributed by atoms with Crippen LogP contribution in [0.25, 0.3) is 5.76 Å². The van der Waals surface area contributed by atoms with Crippen LogP contribution >= 0.6 is 11.6 Å². The highest BCUT2D eigenvalue weighted by Crippen LogP contribution is 2.43. The second-order valence-corrected chi connectivity index (χ2v) is 7.84. The van der Waals surface area contributed by atoms with E-state index in [2.05, 4.69) is 4.98 Å². The second-order valence-electron chi connectivity index (χ2n) is 7.43. The first kappa shape index (κ1) is 23.3. The van der Waals surface area contributed by atoms with Crippen LogP contribution in [0.1, 0.15) is 31.1 Å². The molecule has 3 aromatic rings. The summed E-state index contributed by atoms with van der Waals surface area (Å²) in [4.78, 5) is 32.2. The molecule has 34 heavy (non-hydrogen) atoms. The van der Waals surface area contributed by atoms with Crippen LogP contribution in [0.2, 0.25) is 5.02 Å².